The van der Waals surface area contributed by atoms with Gasteiger partial charge in [0.05, 0.1) is 0 Å². The molecule has 0 saturated heterocycles. The maximum absolute atomic E-state index is 14.7. The van der Waals surface area contributed by atoms with Gasteiger partial charge in [-0.25, -0.2) is 8.78 Å². The van der Waals surface area contributed by atoms with Gasteiger partial charge in [0.1, 0.15) is 0 Å². The lowest BCUT2D eigenvalue weighted by Gasteiger charge is -2.10. The molecule has 0 amide bonds. The predicted octanol–water partition coefficient (Wildman–Crippen LogP) is 7.37. The van der Waals surface area contributed by atoms with Crippen LogP contribution in [0.25, 0.3) is 22.3 Å². The molecule has 0 bridgehead atoms. The largest absolute Gasteiger partial charge is 0.203 e. The molecule has 0 N–H and O–H groups in total. The van der Waals surface area contributed by atoms with E-state index in [9.17, 15) is 8.78 Å². The van der Waals surface area contributed by atoms with E-state index in [0.29, 0.717) is 22.3 Å². The molecule has 0 aliphatic heterocycles. The van der Waals surface area contributed by atoms with Crippen LogP contribution in [-0.4, -0.2) is 0 Å². The van der Waals surface area contributed by atoms with Gasteiger partial charge >= 0.3 is 0 Å². The minimum absolute atomic E-state index is 0.293. The van der Waals surface area contributed by atoms with Crippen LogP contribution in [0, 0.1) is 11.6 Å². The van der Waals surface area contributed by atoms with Crippen molar-refractivity contribution in [2.24, 2.45) is 0 Å². The average Bonchev–Trinajstić information content (AvgIpc) is 2.71. The highest BCUT2D eigenvalue weighted by Gasteiger charge is 2.16. The monoisotopic (exact) mass is 362 g/mol. The van der Waals surface area contributed by atoms with E-state index >= 15 is 0 Å². The fourth-order valence-electron chi connectivity index (χ4n) is 3.18. The standard InChI is InChI=1S/C25H24F2/c1-3-5-6-7-19-10-14-21(15-11-19)23-17-16-22(24(26)25(23)27)20-12-8-18(4-2)9-13-20/h3,5,8-17H,4,6-7H2,1-2H3. The summed E-state index contributed by atoms with van der Waals surface area (Å²) >= 11 is 0. The summed E-state index contributed by atoms with van der Waals surface area (Å²) in [7, 11) is 0. The molecule has 3 rings (SSSR count). The van der Waals surface area contributed by atoms with E-state index in [1.165, 1.54) is 11.1 Å². The van der Waals surface area contributed by atoms with Crippen molar-refractivity contribution in [2.75, 3.05) is 0 Å². The van der Waals surface area contributed by atoms with Gasteiger partial charge in [-0.2, -0.15) is 0 Å². The third-order valence-electron chi connectivity index (χ3n) is 4.86. The lowest BCUT2D eigenvalue weighted by atomic mass is 9.97. The van der Waals surface area contributed by atoms with Gasteiger partial charge < -0.3 is 0 Å². The van der Waals surface area contributed by atoms with Crippen LogP contribution in [-0.2, 0) is 12.8 Å². The molecular formula is C25H24F2. The molecule has 2 heteroatoms. The second-order valence-corrected chi connectivity index (χ2v) is 6.64. The van der Waals surface area contributed by atoms with E-state index in [-0.39, 0.29) is 0 Å². The normalized spacial score (nSPS) is 11.3. The minimum Gasteiger partial charge on any atom is -0.203 e. The number of benzene rings is 3. The highest BCUT2D eigenvalue weighted by molar-refractivity contribution is 5.72. The zero-order valence-electron chi connectivity index (χ0n) is 15.8. The summed E-state index contributed by atoms with van der Waals surface area (Å²) < 4.78 is 29.5. The Morgan fingerprint density at radius 3 is 1.63 bits per heavy atom. The van der Waals surface area contributed by atoms with Crippen molar-refractivity contribution in [3.05, 3.63) is 95.6 Å². The average molecular weight is 362 g/mol. The molecule has 0 atom stereocenters. The second kappa shape index (κ2) is 8.77. The van der Waals surface area contributed by atoms with E-state index in [1.54, 1.807) is 12.1 Å². The summed E-state index contributed by atoms with van der Waals surface area (Å²) in [5.41, 5.74) is 4.32. The molecule has 0 radical (unpaired) electrons. The Bertz CT molecular complexity index is 920. The summed E-state index contributed by atoms with van der Waals surface area (Å²) in [6.45, 7) is 4.07. The van der Waals surface area contributed by atoms with Crippen molar-refractivity contribution in [3.63, 3.8) is 0 Å². The molecule has 0 aliphatic carbocycles. The zero-order valence-corrected chi connectivity index (χ0v) is 15.8. The number of hydrogen-bond donors (Lipinski definition) is 0. The highest BCUT2D eigenvalue weighted by atomic mass is 19.2. The van der Waals surface area contributed by atoms with Crippen LogP contribution in [0.2, 0.25) is 0 Å². The Kier molecular flexibility index (Phi) is 6.18. The first-order chi connectivity index (χ1) is 13.1. The third-order valence-corrected chi connectivity index (χ3v) is 4.86. The Labute approximate surface area is 160 Å². The van der Waals surface area contributed by atoms with Crippen LogP contribution >= 0.6 is 0 Å². The number of halogens is 2. The van der Waals surface area contributed by atoms with Crippen LogP contribution in [0.5, 0.6) is 0 Å². The first kappa shape index (κ1) is 19.0. The Morgan fingerprint density at radius 1 is 0.704 bits per heavy atom. The van der Waals surface area contributed by atoms with E-state index < -0.39 is 11.6 Å². The number of rotatable bonds is 6. The van der Waals surface area contributed by atoms with Gasteiger partial charge in [0.2, 0.25) is 0 Å². The van der Waals surface area contributed by atoms with Crippen molar-refractivity contribution >= 4 is 0 Å². The van der Waals surface area contributed by atoms with Crippen LogP contribution < -0.4 is 0 Å². The van der Waals surface area contributed by atoms with Gasteiger partial charge in [-0.1, -0.05) is 79.7 Å². The smallest absolute Gasteiger partial charge is 0.167 e. The summed E-state index contributed by atoms with van der Waals surface area (Å²) in [6.07, 6.45) is 6.98. The number of allylic oxidation sites excluding steroid dienone is 2. The first-order valence-electron chi connectivity index (χ1n) is 9.41. The van der Waals surface area contributed by atoms with Crippen LogP contribution in [0.4, 0.5) is 8.78 Å². The van der Waals surface area contributed by atoms with Gasteiger partial charge in [0, 0.05) is 11.1 Å². The molecular weight excluding hydrogens is 338 g/mol. The molecule has 27 heavy (non-hydrogen) atoms. The molecule has 0 aliphatic rings. The van der Waals surface area contributed by atoms with Gasteiger partial charge in [-0.05, 0) is 48.4 Å². The van der Waals surface area contributed by atoms with Crippen LogP contribution in [0.1, 0.15) is 31.4 Å². The summed E-state index contributed by atoms with van der Waals surface area (Å²) in [4.78, 5) is 0. The molecule has 0 unspecified atom stereocenters. The number of hydrogen-bond acceptors (Lipinski definition) is 0. The SMILES string of the molecule is CC=CCCc1ccc(-c2ccc(-c3ccc(CC)cc3)c(F)c2F)cc1. The van der Waals surface area contributed by atoms with Crippen molar-refractivity contribution in [1.29, 1.82) is 0 Å². The highest BCUT2D eigenvalue weighted by Crippen LogP contribution is 2.31. The number of aryl methyl sites for hydroxylation is 2. The summed E-state index contributed by atoms with van der Waals surface area (Å²) in [6, 6.07) is 18.6. The Balaban J connectivity index is 1.88. The van der Waals surface area contributed by atoms with Gasteiger partial charge in [-0.15, -0.1) is 0 Å². The Morgan fingerprint density at radius 2 is 1.19 bits per heavy atom. The maximum atomic E-state index is 14.7. The van der Waals surface area contributed by atoms with Crippen molar-refractivity contribution < 1.29 is 8.78 Å². The maximum Gasteiger partial charge on any atom is 0.167 e. The molecule has 0 fully saturated rings. The molecule has 0 nitrogen and oxygen atoms in total. The summed E-state index contributed by atoms with van der Waals surface area (Å²) in [5.74, 6) is -1.59. The van der Waals surface area contributed by atoms with Gasteiger partial charge in [0.15, 0.2) is 11.6 Å². The molecule has 0 spiro atoms. The quantitative estimate of drug-likeness (QED) is 0.402. The third kappa shape index (κ3) is 4.33. The van der Waals surface area contributed by atoms with Gasteiger partial charge in [-0.3, -0.25) is 0 Å². The minimum atomic E-state index is -0.797. The first-order valence-corrected chi connectivity index (χ1v) is 9.41. The molecule has 0 heterocycles. The van der Waals surface area contributed by atoms with Crippen molar-refractivity contribution in [2.45, 2.75) is 33.1 Å². The molecule has 0 aromatic heterocycles. The fraction of sp³-hybridized carbons (Fsp3) is 0.200. The Hall–Kier alpha value is -2.74. The topological polar surface area (TPSA) is 0 Å². The van der Waals surface area contributed by atoms with Crippen molar-refractivity contribution in [1.82, 2.24) is 0 Å². The lowest BCUT2D eigenvalue weighted by Crippen LogP contribution is -1.94. The van der Waals surface area contributed by atoms with Crippen molar-refractivity contribution in [3.8, 4) is 22.3 Å². The molecule has 138 valence electrons. The zero-order chi connectivity index (χ0) is 19.2. The predicted molar refractivity (Wildman–Crippen MR) is 110 cm³/mol. The van der Waals surface area contributed by atoms with Crippen LogP contribution in [0.3, 0.4) is 0 Å². The van der Waals surface area contributed by atoms with E-state index in [4.69, 9.17) is 0 Å². The van der Waals surface area contributed by atoms with E-state index in [1.807, 2.05) is 61.5 Å². The lowest BCUT2D eigenvalue weighted by molar-refractivity contribution is 0.514. The molecule has 3 aromatic rings. The fourth-order valence-corrected chi connectivity index (χ4v) is 3.18. The second-order valence-electron chi connectivity index (χ2n) is 6.64. The van der Waals surface area contributed by atoms with E-state index in [0.717, 1.165) is 19.3 Å². The summed E-state index contributed by atoms with van der Waals surface area (Å²) in [5, 5.41) is 0. The van der Waals surface area contributed by atoms with E-state index in [2.05, 4.69) is 13.0 Å². The van der Waals surface area contributed by atoms with Gasteiger partial charge in [0.25, 0.3) is 0 Å². The van der Waals surface area contributed by atoms with Crippen LogP contribution in [0.15, 0.2) is 72.8 Å². The molecule has 0 saturated carbocycles. The molecule has 3 aromatic carbocycles.